The molecule has 1 saturated heterocycles. The molecule has 0 bridgehead atoms. The van der Waals surface area contributed by atoms with Crippen LogP contribution in [0.3, 0.4) is 0 Å². The summed E-state index contributed by atoms with van der Waals surface area (Å²) >= 11 is 2.58. The van der Waals surface area contributed by atoms with Crippen molar-refractivity contribution in [1.82, 2.24) is 9.47 Å². The summed E-state index contributed by atoms with van der Waals surface area (Å²) in [6.45, 7) is 7.35. The SMILES string of the molecule is CCOCCn1c(=NC(=O)CSCC(=O)N2CCC(C)CC2)sc2cc(F)ccc21. The third kappa shape index (κ3) is 6.15. The van der Waals surface area contributed by atoms with Gasteiger partial charge < -0.3 is 14.2 Å². The fraction of sp³-hybridized carbons (Fsp3) is 0.571. The number of carbonyl (C=O) groups is 2. The molecule has 0 atom stereocenters. The van der Waals surface area contributed by atoms with Gasteiger partial charge in [-0.3, -0.25) is 9.59 Å². The average molecular weight is 454 g/mol. The normalized spacial score (nSPS) is 15.8. The van der Waals surface area contributed by atoms with Gasteiger partial charge in [-0.2, -0.15) is 4.99 Å². The Kier molecular flexibility index (Phi) is 8.47. The van der Waals surface area contributed by atoms with Crippen LogP contribution >= 0.6 is 23.1 Å². The van der Waals surface area contributed by atoms with Crippen LogP contribution in [0.1, 0.15) is 26.7 Å². The lowest BCUT2D eigenvalue weighted by Gasteiger charge is -2.30. The van der Waals surface area contributed by atoms with E-state index in [0.717, 1.165) is 36.1 Å². The molecule has 2 amide bonds. The van der Waals surface area contributed by atoms with Crippen molar-refractivity contribution >= 4 is 45.1 Å². The number of nitrogens with zero attached hydrogens (tertiary/aromatic N) is 3. The summed E-state index contributed by atoms with van der Waals surface area (Å²) in [6.07, 6.45) is 2.08. The second-order valence-electron chi connectivity index (χ2n) is 7.41. The van der Waals surface area contributed by atoms with Gasteiger partial charge in [-0.15, -0.1) is 11.8 Å². The number of amides is 2. The van der Waals surface area contributed by atoms with Crippen LogP contribution in [0.15, 0.2) is 23.2 Å². The molecule has 0 saturated carbocycles. The van der Waals surface area contributed by atoms with Crippen molar-refractivity contribution in [3.8, 4) is 0 Å². The minimum absolute atomic E-state index is 0.0869. The summed E-state index contributed by atoms with van der Waals surface area (Å²) < 4.78 is 21.7. The topological polar surface area (TPSA) is 63.9 Å². The Balaban J connectivity index is 1.64. The monoisotopic (exact) mass is 453 g/mol. The lowest BCUT2D eigenvalue weighted by Crippen LogP contribution is -2.39. The van der Waals surface area contributed by atoms with E-state index in [-0.39, 0.29) is 29.1 Å². The van der Waals surface area contributed by atoms with Crippen LogP contribution in [0, 0.1) is 11.7 Å². The summed E-state index contributed by atoms with van der Waals surface area (Å²) in [5, 5.41) is 0. The fourth-order valence-electron chi connectivity index (χ4n) is 3.36. The van der Waals surface area contributed by atoms with Gasteiger partial charge >= 0.3 is 0 Å². The summed E-state index contributed by atoms with van der Waals surface area (Å²) in [7, 11) is 0. The van der Waals surface area contributed by atoms with E-state index in [2.05, 4.69) is 11.9 Å². The Morgan fingerprint density at radius 2 is 2.07 bits per heavy atom. The highest BCUT2D eigenvalue weighted by atomic mass is 32.2. The maximum atomic E-state index is 13.6. The van der Waals surface area contributed by atoms with Crippen molar-refractivity contribution in [3.63, 3.8) is 0 Å². The number of likely N-dealkylation sites (tertiary alicyclic amines) is 1. The molecule has 30 heavy (non-hydrogen) atoms. The Hall–Kier alpha value is -1.71. The van der Waals surface area contributed by atoms with E-state index in [4.69, 9.17) is 4.74 Å². The summed E-state index contributed by atoms with van der Waals surface area (Å²) in [5.41, 5.74) is 0.829. The van der Waals surface area contributed by atoms with Crippen LogP contribution in [0.5, 0.6) is 0 Å². The number of piperidine rings is 1. The Bertz CT molecular complexity index is 949. The molecule has 164 valence electrons. The molecule has 3 rings (SSSR count). The van der Waals surface area contributed by atoms with Gasteiger partial charge in [-0.1, -0.05) is 18.3 Å². The Morgan fingerprint density at radius 3 is 2.80 bits per heavy atom. The van der Waals surface area contributed by atoms with Gasteiger partial charge in [0.1, 0.15) is 5.82 Å². The largest absolute Gasteiger partial charge is 0.380 e. The predicted molar refractivity (Wildman–Crippen MR) is 119 cm³/mol. The van der Waals surface area contributed by atoms with Crippen LogP contribution in [-0.2, 0) is 20.9 Å². The van der Waals surface area contributed by atoms with Crippen LogP contribution in [0.2, 0.25) is 0 Å². The predicted octanol–water partition coefficient (Wildman–Crippen LogP) is 3.30. The molecule has 9 heteroatoms. The third-order valence-electron chi connectivity index (χ3n) is 5.12. The number of halogens is 1. The number of thiazole rings is 1. The van der Waals surface area contributed by atoms with Crippen LogP contribution < -0.4 is 4.80 Å². The lowest BCUT2D eigenvalue weighted by atomic mass is 9.99. The zero-order valence-corrected chi connectivity index (χ0v) is 19.1. The molecule has 1 aromatic carbocycles. The molecule has 2 aromatic rings. The van der Waals surface area contributed by atoms with E-state index in [1.807, 2.05) is 16.4 Å². The Morgan fingerprint density at radius 1 is 1.30 bits per heavy atom. The molecule has 1 fully saturated rings. The first-order valence-electron chi connectivity index (χ1n) is 10.3. The number of hydrogen-bond acceptors (Lipinski definition) is 5. The van der Waals surface area contributed by atoms with E-state index >= 15 is 0 Å². The zero-order valence-electron chi connectivity index (χ0n) is 17.4. The summed E-state index contributed by atoms with van der Waals surface area (Å²) in [5.74, 6) is 0.578. The van der Waals surface area contributed by atoms with Gasteiger partial charge in [-0.25, -0.2) is 4.39 Å². The summed E-state index contributed by atoms with van der Waals surface area (Å²) in [4.78, 5) is 31.4. The van der Waals surface area contributed by atoms with Crippen LogP contribution in [0.25, 0.3) is 10.2 Å². The first kappa shape index (κ1) is 23.0. The number of ether oxygens (including phenoxy) is 1. The second-order valence-corrected chi connectivity index (χ2v) is 9.40. The molecule has 1 aliphatic rings. The van der Waals surface area contributed by atoms with E-state index in [9.17, 15) is 14.0 Å². The van der Waals surface area contributed by atoms with Gasteiger partial charge in [0.15, 0.2) is 4.80 Å². The molecule has 0 aliphatic carbocycles. The average Bonchev–Trinajstić information content (AvgIpc) is 3.04. The van der Waals surface area contributed by atoms with Gasteiger partial charge in [0.2, 0.25) is 5.91 Å². The van der Waals surface area contributed by atoms with Gasteiger partial charge in [0, 0.05) is 26.2 Å². The minimum atomic E-state index is -0.320. The van der Waals surface area contributed by atoms with Crippen molar-refractivity contribution < 1.29 is 18.7 Å². The van der Waals surface area contributed by atoms with Crippen molar-refractivity contribution in [1.29, 1.82) is 0 Å². The van der Waals surface area contributed by atoms with E-state index in [1.165, 1.54) is 35.2 Å². The molecule has 0 spiro atoms. The maximum Gasteiger partial charge on any atom is 0.258 e. The fourth-order valence-corrected chi connectivity index (χ4v) is 5.16. The molecule has 2 heterocycles. The van der Waals surface area contributed by atoms with E-state index < -0.39 is 0 Å². The molecule has 6 nitrogen and oxygen atoms in total. The minimum Gasteiger partial charge on any atom is -0.380 e. The molecule has 0 N–H and O–H groups in total. The number of fused-ring (bicyclic) bond motifs is 1. The Labute approximate surface area is 184 Å². The van der Waals surface area contributed by atoms with Crippen LogP contribution in [-0.4, -0.2) is 59.1 Å². The number of aromatic nitrogens is 1. The molecule has 1 aromatic heterocycles. The van der Waals surface area contributed by atoms with Crippen molar-refractivity contribution in [2.75, 3.05) is 37.8 Å². The number of hydrogen-bond donors (Lipinski definition) is 0. The number of carbonyl (C=O) groups excluding carboxylic acids is 2. The van der Waals surface area contributed by atoms with Crippen molar-refractivity contribution in [2.45, 2.75) is 33.2 Å². The molecule has 1 aliphatic heterocycles. The molecule has 0 unspecified atom stereocenters. The first-order valence-corrected chi connectivity index (χ1v) is 12.2. The highest BCUT2D eigenvalue weighted by molar-refractivity contribution is 8.00. The number of benzene rings is 1. The standard InChI is InChI=1S/C21H28FN3O3S2/c1-3-28-11-10-25-17-5-4-16(22)12-18(17)30-21(25)23-19(26)13-29-14-20(27)24-8-6-15(2)7-9-24/h4-5,12,15H,3,6-11,13-14H2,1-2H3. The van der Waals surface area contributed by atoms with Gasteiger partial charge in [-0.05, 0) is 43.9 Å². The number of thioether (sulfide) groups is 1. The molecule has 0 radical (unpaired) electrons. The van der Waals surface area contributed by atoms with Crippen molar-refractivity contribution in [3.05, 3.63) is 28.8 Å². The zero-order chi connectivity index (χ0) is 21.5. The molecular weight excluding hydrogens is 425 g/mol. The highest BCUT2D eigenvalue weighted by Crippen LogP contribution is 2.19. The highest BCUT2D eigenvalue weighted by Gasteiger charge is 2.20. The number of rotatable bonds is 8. The lowest BCUT2D eigenvalue weighted by molar-refractivity contribution is -0.129. The van der Waals surface area contributed by atoms with Gasteiger partial charge in [0.25, 0.3) is 5.91 Å². The van der Waals surface area contributed by atoms with Gasteiger partial charge in [0.05, 0.1) is 28.3 Å². The first-order chi connectivity index (χ1) is 14.5. The summed E-state index contributed by atoms with van der Waals surface area (Å²) in [6, 6.07) is 4.55. The van der Waals surface area contributed by atoms with Crippen LogP contribution in [0.4, 0.5) is 4.39 Å². The van der Waals surface area contributed by atoms with E-state index in [0.29, 0.717) is 30.5 Å². The maximum absolute atomic E-state index is 13.6. The smallest absolute Gasteiger partial charge is 0.258 e. The van der Waals surface area contributed by atoms with E-state index in [1.54, 1.807) is 6.07 Å². The second kappa shape index (κ2) is 11.1. The van der Waals surface area contributed by atoms with Crippen molar-refractivity contribution in [2.24, 2.45) is 10.9 Å². The quantitative estimate of drug-likeness (QED) is 0.576. The third-order valence-corrected chi connectivity index (χ3v) is 7.06. The molecular formula is C21H28FN3O3S2.